The topological polar surface area (TPSA) is 91.7 Å². The average Bonchev–Trinajstić information content (AvgIpc) is 3.29. The largest absolute Gasteiger partial charge is 0.459 e. The van der Waals surface area contributed by atoms with Crippen molar-refractivity contribution in [3.63, 3.8) is 0 Å². The van der Waals surface area contributed by atoms with E-state index in [1.807, 2.05) is 37.3 Å². The first-order chi connectivity index (χ1) is 14.4. The minimum absolute atomic E-state index is 0.0657. The van der Waals surface area contributed by atoms with Crippen molar-refractivity contribution in [2.45, 2.75) is 44.7 Å². The molecular formula is C22H24BrN3O4. The number of benzene rings is 1. The fourth-order valence-electron chi connectivity index (χ4n) is 4.27. The Bertz CT molecular complexity index is 971. The molecule has 0 bridgehead atoms. The SMILES string of the molecule is C[C@@H]1CCCC[C@@]12NC(=O)N(CC(=O)NCc1ccc(-c3ccc(Br)cc3)o1)C2=O. The highest BCUT2D eigenvalue weighted by Crippen LogP contribution is 2.38. The van der Waals surface area contributed by atoms with Crippen molar-refractivity contribution in [2.75, 3.05) is 6.54 Å². The Morgan fingerprint density at radius 1 is 1.23 bits per heavy atom. The number of rotatable bonds is 5. The monoisotopic (exact) mass is 473 g/mol. The van der Waals surface area contributed by atoms with Crippen LogP contribution in [0.15, 0.2) is 45.3 Å². The van der Waals surface area contributed by atoms with Crippen molar-refractivity contribution in [1.29, 1.82) is 0 Å². The third kappa shape index (κ3) is 3.88. The van der Waals surface area contributed by atoms with Crippen molar-refractivity contribution in [2.24, 2.45) is 5.92 Å². The summed E-state index contributed by atoms with van der Waals surface area (Å²) in [4.78, 5) is 38.8. The standard InChI is InChI=1S/C22H24BrN3O4/c1-14-4-2-3-11-22(14)20(28)26(21(29)25-22)13-19(27)24-12-17-9-10-18(30-17)15-5-7-16(23)8-6-15/h5-10,14H,2-4,11-13H2,1H3,(H,24,27)(H,25,29)/t14-,22-/m1/s1. The first kappa shape index (κ1) is 20.7. The van der Waals surface area contributed by atoms with Gasteiger partial charge in [0.05, 0.1) is 6.54 Å². The van der Waals surface area contributed by atoms with Crippen LogP contribution in [-0.2, 0) is 16.1 Å². The van der Waals surface area contributed by atoms with Crippen molar-refractivity contribution in [3.05, 3.63) is 46.6 Å². The van der Waals surface area contributed by atoms with E-state index in [0.717, 1.165) is 34.2 Å². The van der Waals surface area contributed by atoms with Crippen LogP contribution >= 0.6 is 15.9 Å². The summed E-state index contributed by atoms with van der Waals surface area (Å²) >= 11 is 3.40. The number of nitrogens with one attached hydrogen (secondary N) is 2. The van der Waals surface area contributed by atoms with Crippen LogP contribution in [0.3, 0.4) is 0 Å². The second kappa shape index (κ2) is 8.26. The molecule has 8 heteroatoms. The maximum absolute atomic E-state index is 12.9. The first-order valence-electron chi connectivity index (χ1n) is 10.1. The molecule has 1 saturated heterocycles. The molecule has 158 valence electrons. The van der Waals surface area contributed by atoms with Crippen LogP contribution in [0, 0.1) is 5.92 Å². The van der Waals surface area contributed by atoms with Gasteiger partial charge in [-0.25, -0.2) is 4.79 Å². The molecule has 7 nitrogen and oxygen atoms in total. The molecule has 2 atom stereocenters. The lowest BCUT2D eigenvalue weighted by molar-refractivity contribution is -0.137. The molecule has 2 aromatic rings. The molecule has 2 fully saturated rings. The van der Waals surface area contributed by atoms with Crippen LogP contribution in [0.4, 0.5) is 4.79 Å². The lowest BCUT2D eigenvalue weighted by atomic mass is 9.73. The average molecular weight is 474 g/mol. The van der Waals surface area contributed by atoms with Gasteiger partial charge in [-0.05, 0) is 43.0 Å². The summed E-state index contributed by atoms with van der Waals surface area (Å²) in [6.45, 7) is 1.88. The zero-order valence-corrected chi connectivity index (χ0v) is 18.3. The van der Waals surface area contributed by atoms with Gasteiger partial charge in [-0.15, -0.1) is 0 Å². The van der Waals surface area contributed by atoms with Gasteiger partial charge in [-0.1, -0.05) is 47.8 Å². The molecule has 4 rings (SSSR count). The predicted molar refractivity (Wildman–Crippen MR) is 114 cm³/mol. The quantitative estimate of drug-likeness (QED) is 0.645. The molecule has 30 heavy (non-hydrogen) atoms. The van der Waals surface area contributed by atoms with Crippen molar-refractivity contribution < 1.29 is 18.8 Å². The molecule has 2 aliphatic rings. The maximum Gasteiger partial charge on any atom is 0.325 e. The second-order valence-corrected chi connectivity index (χ2v) is 8.90. The van der Waals surface area contributed by atoms with Crippen molar-refractivity contribution in [3.8, 4) is 11.3 Å². The van der Waals surface area contributed by atoms with Crippen LogP contribution in [0.1, 0.15) is 38.4 Å². The van der Waals surface area contributed by atoms with E-state index in [0.29, 0.717) is 17.9 Å². The first-order valence-corrected chi connectivity index (χ1v) is 10.9. The van der Waals surface area contributed by atoms with Crippen LogP contribution in [0.5, 0.6) is 0 Å². The highest BCUT2D eigenvalue weighted by Gasteiger charge is 2.55. The van der Waals surface area contributed by atoms with E-state index in [9.17, 15) is 14.4 Å². The smallest absolute Gasteiger partial charge is 0.325 e. The van der Waals surface area contributed by atoms with Gasteiger partial charge >= 0.3 is 6.03 Å². The van der Waals surface area contributed by atoms with E-state index in [1.165, 1.54) is 0 Å². The van der Waals surface area contributed by atoms with E-state index in [4.69, 9.17) is 4.42 Å². The van der Waals surface area contributed by atoms with E-state index < -0.39 is 17.5 Å². The molecule has 1 aliphatic heterocycles. The second-order valence-electron chi connectivity index (χ2n) is 7.99. The predicted octanol–water partition coefficient (Wildman–Crippen LogP) is 3.83. The van der Waals surface area contributed by atoms with Gasteiger partial charge in [-0.2, -0.15) is 0 Å². The summed E-state index contributed by atoms with van der Waals surface area (Å²) in [5.41, 5.74) is 0.0814. The van der Waals surface area contributed by atoms with Crippen LogP contribution in [0.2, 0.25) is 0 Å². The number of nitrogens with zero attached hydrogens (tertiary/aromatic N) is 1. The number of urea groups is 1. The Balaban J connectivity index is 1.35. The van der Waals surface area contributed by atoms with Crippen LogP contribution in [0.25, 0.3) is 11.3 Å². The minimum Gasteiger partial charge on any atom is -0.459 e. The Morgan fingerprint density at radius 3 is 2.73 bits per heavy atom. The third-order valence-electron chi connectivity index (χ3n) is 6.05. The molecule has 2 N–H and O–H groups in total. The van der Waals surface area contributed by atoms with E-state index in [-0.39, 0.29) is 24.9 Å². The summed E-state index contributed by atoms with van der Waals surface area (Å²) in [6, 6.07) is 10.9. The molecular weight excluding hydrogens is 450 g/mol. The molecule has 1 aromatic carbocycles. The molecule has 2 heterocycles. The zero-order chi connectivity index (χ0) is 21.3. The van der Waals surface area contributed by atoms with Gasteiger partial charge in [0.1, 0.15) is 23.6 Å². The minimum atomic E-state index is -0.851. The Labute approximate surface area is 183 Å². The number of carbonyl (C=O) groups is 3. The van der Waals surface area contributed by atoms with E-state index in [1.54, 1.807) is 6.07 Å². The van der Waals surface area contributed by atoms with Gasteiger partial charge in [0.25, 0.3) is 5.91 Å². The van der Waals surface area contributed by atoms with Crippen LogP contribution < -0.4 is 10.6 Å². The van der Waals surface area contributed by atoms with E-state index >= 15 is 0 Å². The zero-order valence-electron chi connectivity index (χ0n) is 16.7. The number of imide groups is 1. The normalized spacial score (nSPS) is 23.7. The van der Waals surface area contributed by atoms with Gasteiger partial charge in [-0.3, -0.25) is 14.5 Å². The van der Waals surface area contributed by atoms with Crippen molar-refractivity contribution >= 4 is 33.8 Å². The molecule has 1 aromatic heterocycles. The summed E-state index contributed by atoms with van der Waals surface area (Å²) in [7, 11) is 0. The summed E-state index contributed by atoms with van der Waals surface area (Å²) in [6.07, 6.45) is 3.47. The number of hydrogen-bond donors (Lipinski definition) is 2. The molecule has 1 saturated carbocycles. The Hall–Kier alpha value is -2.61. The number of amides is 4. The van der Waals surface area contributed by atoms with Gasteiger partial charge in [0.2, 0.25) is 5.91 Å². The van der Waals surface area contributed by atoms with Gasteiger partial charge in [0.15, 0.2) is 0 Å². The Kier molecular flexibility index (Phi) is 5.69. The molecule has 0 radical (unpaired) electrons. The summed E-state index contributed by atoms with van der Waals surface area (Å²) in [5, 5.41) is 5.59. The number of carbonyl (C=O) groups excluding carboxylic acids is 3. The molecule has 1 aliphatic carbocycles. The molecule has 4 amide bonds. The highest BCUT2D eigenvalue weighted by molar-refractivity contribution is 9.10. The van der Waals surface area contributed by atoms with Crippen LogP contribution in [-0.4, -0.2) is 34.8 Å². The lowest BCUT2D eigenvalue weighted by Crippen LogP contribution is -2.54. The number of hydrogen-bond acceptors (Lipinski definition) is 4. The van der Waals surface area contributed by atoms with E-state index in [2.05, 4.69) is 26.6 Å². The maximum atomic E-state index is 12.9. The summed E-state index contributed by atoms with van der Waals surface area (Å²) in [5.74, 6) is 0.673. The van der Waals surface area contributed by atoms with Crippen molar-refractivity contribution in [1.82, 2.24) is 15.5 Å². The third-order valence-corrected chi connectivity index (χ3v) is 6.58. The highest BCUT2D eigenvalue weighted by atomic mass is 79.9. The number of halogens is 1. The molecule has 1 spiro atoms. The van der Waals surface area contributed by atoms with Gasteiger partial charge < -0.3 is 15.1 Å². The lowest BCUT2D eigenvalue weighted by Gasteiger charge is -2.36. The summed E-state index contributed by atoms with van der Waals surface area (Å²) < 4.78 is 6.77. The molecule has 0 unspecified atom stereocenters. The number of furan rings is 1. The van der Waals surface area contributed by atoms with Gasteiger partial charge in [0, 0.05) is 10.0 Å². The fourth-order valence-corrected chi connectivity index (χ4v) is 4.53. The Morgan fingerprint density at radius 2 is 2.00 bits per heavy atom. The fraction of sp³-hybridized carbons (Fsp3) is 0.409.